The third kappa shape index (κ3) is 3.27. The van der Waals surface area contributed by atoms with Crippen molar-refractivity contribution in [1.82, 2.24) is 0 Å². The molecule has 0 aliphatic carbocycles. The standard InChI is InChI=1S/C17H21FN2O/c1-12(17-13(18)8-7-11-16(17)21-4)19-14-9-5-6-10-15(14)20(2)3/h5-12,19H,1-4H3. The van der Waals surface area contributed by atoms with E-state index in [0.717, 1.165) is 11.4 Å². The number of anilines is 2. The van der Waals surface area contributed by atoms with Crippen LogP contribution in [0.5, 0.6) is 5.75 Å². The Kier molecular flexibility index (Phi) is 4.68. The quantitative estimate of drug-likeness (QED) is 0.897. The molecule has 3 nitrogen and oxygen atoms in total. The van der Waals surface area contributed by atoms with E-state index in [0.29, 0.717) is 11.3 Å². The zero-order valence-corrected chi connectivity index (χ0v) is 12.9. The molecule has 0 spiro atoms. The van der Waals surface area contributed by atoms with E-state index in [1.807, 2.05) is 50.2 Å². The monoisotopic (exact) mass is 288 g/mol. The van der Waals surface area contributed by atoms with Gasteiger partial charge in [0.1, 0.15) is 11.6 Å². The summed E-state index contributed by atoms with van der Waals surface area (Å²) in [4.78, 5) is 2.02. The maximum atomic E-state index is 14.1. The van der Waals surface area contributed by atoms with Crippen molar-refractivity contribution in [2.45, 2.75) is 13.0 Å². The summed E-state index contributed by atoms with van der Waals surface area (Å²) in [5, 5.41) is 3.36. The predicted molar refractivity (Wildman–Crippen MR) is 85.8 cm³/mol. The van der Waals surface area contributed by atoms with Crippen LogP contribution in [0.2, 0.25) is 0 Å². The molecule has 0 fully saturated rings. The molecule has 2 aromatic rings. The smallest absolute Gasteiger partial charge is 0.132 e. The summed E-state index contributed by atoms with van der Waals surface area (Å²) in [6.45, 7) is 1.92. The molecule has 0 bridgehead atoms. The number of nitrogens with zero attached hydrogens (tertiary/aromatic N) is 1. The molecular weight excluding hydrogens is 267 g/mol. The van der Waals surface area contributed by atoms with Crippen molar-refractivity contribution in [2.24, 2.45) is 0 Å². The predicted octanol–water partition coefficient (Wildman–Crippen LogP) is 4.07. The Hall–Kier alpha value is -2.23. The van der Waals surface area contributed by atoms with Gasteiger partial charge < -0.3 is 15.0 Å². The molecule has 0 radical (unpaired) electrons. The molecule has 0 aliphatic heterocycles. The van der Waals surface area contributed by atoms with E-state index in [1.165, 1.54) is 6.07 Å². The number of ether oxygens (including phenoxy) is 1. The Morgan fingerprint density at radius 3 is 2.48 bits per heavy atom. The Bertz CT molecular complexity index is 613. The SMILES string of the molecule is COc1cccc(F)c1C(C)Nc1ccccc1N(C)C. The molecular formula is C17H21FN2O. The molecule has 1 unspecified atom stereocenters. The molecule has 2 rings (SSSR count). The number of halogens is 1. The Morgan fingerprint density at radius 1 is 1.10 bits per heavy atom. The lowest BCUT2D eigenvalue weighted by atomic mass is 10.1. The summed E-state index contributed by atoms with van der Waals surface area (Å²) in [7, 11) is 5.52. The first-order valence-electron chi connectivity index (χ1n) is 6.90. The van der Waals surface area contributed by atoms with Crippen molar-refractivity contribution in [1.29, 1.82) is 0 Å². The fourth-order valence-electron chi connectivity index (χ4n) is 2.41. The molecule has 112 valence electrons. The summed E-state index contributed by atoms with van der Waals surface area (Å²) in [5.74, 6) is 0.286. The highest BCUT2D eigenvalue weighted by molar-refractivity contribution is 5.70. The molecule has 0 amide bonds. The normalized spacial score (nSPS) is 11.9. The molecule has 2 aromatic carbocycles. The summed E-state index contributed by atoms with van der Waals surface area (Å²) >= 11 is 0. The number of benzene rings is 2. The van der Waals surface area contributed by atoms with Crippen molar-refractivity contribution in [3.05, 3.63) is 53.8 Å². The largest absolute Gasteiger partial charge is 0.496 e. The lowest BCUT2D eigenvalue weighted by molar-refractivity contribution is 0.402. The molecule has 4 heteroatoms. The van der Waals surface area contributed by atoms with Gasteiger partial charge in [-0.3, -0.25) is 0 Å². The fraction of sp³-hybridized carbons (Fsp3) is 0.294. The van der Waals surface area contributed by atoms with Crippen molar-refractivity contribution >= 4 is 11.4 Å². The first-order valence-corrected chi connectivity index (χ1v) is 6.90. The van der Waals surface area contributed by atoms with Gasteiger partial charge in [0, 0.05) is 14.1 Å². The van der Waals surface area contributed by atoms with E-state index >= 15 is 0 Å². The third-order valence-corrected chi connectivity index (χ3v) is 3.42. The topological polar surface area (TPSA) is 24.5 Å². The minimum atomic E-state index is -0.267. The molecule has 0 aromatic heterocycles. The van der Waals surface area contributed by atoms with Crippen LogP contribution in [-0.4, -0.2) is 21.2 Å². The van der Waals surface area contributed by atoms with Gasteiger partial charge in [-0.05, 0) is 31.2 Å². The second-order valence-electron chi connectivity index (χ2n) is 5.13. The van der Waals surface area contributed by atoms with Crippen molar-refractivity contribution in [2.75, 3.05) is 31.4 Å². The van der Waals surface area contributed by atoms with E-state index in [2.05, 4.69) is 5.32 Å². The molecule has 21 heavy (non-hydrogen) atoms. The Balaban J connectivity index is 2.33. The average molecular weight is 288 g/mol. The molecule has 1 atom stereocenters. The van der Waals surface area contributed by atoms with Crippen molar-refractivity contribution < 1.29 is 9.13 Å². The maximum absolute atomic E-state index is 14.1. The number of methoxy groups -OCH3 is 1. The average Bonchev–Trinajstić information content (AvgIpc) is 2.47. The Morgan fingerprint density at radius 2 is 1.81 bits per heavy atom. The number of hydrogen-bond acceptors (Lipinski definition) is 3. The van der Waals surface area contributed by atoms with Gasteiger partial charge in [0.2, 0.25) is 0 Å². The molecule has 0 aliphatic rings. The first kappa shape index (κ1) is 15.2. The highest BCUT2D eigenvalue weighted by atomic mass is 19.1. The van der Waals surface area contributed by atoms with Gasteiger partial charge in [0.05, 0.1) is 30.1 Å². The number of nitrogens with one attached hydrogen (secondary N) is 1. The summed E-state index contributed by atoms with van der Waals surface area (Å²) in [6, 6.07) is 12.6. The van der Waals surface area contributed by atoms with Crippen LogP contribution in [0.3, 0.4) is 0 Å². The van der Waals surface area contributed by atoms with E-state index in [9.17, 15) is 4.39 Å². The van der Waals surface area contributed by atoms with Crippen LogP contribution in [0, 0.1) is 5.82 Å². The van der Waals surface area contributed by atoms with Gasteiger partial charge in [0.15, 0.2) is 0 Å². The van der Waals surface area contributed by atoms with Gasteiger partial charge in [-0.15, -0.1) is 0 Å². The lowest BCUT2D eigenvalue weighted by Crippen LogP contribution is -2.15. The number of para-hydroxylation sites is 2. The van der Waals surface area contributed by atoms with E-state index in [4.69, 9.17) is 4.74 Å². The second-order valence-corrected chi connectivity index (χ2v) is 5.13. The Labute approximate surface area is 125 Å². The van der Waals surface area contributed by atoms with Gasteiger partial charge in [-0.25, -0.2) is 4.39 Å². The van der Waals surface area contributed by atoms with Crippen molar-refractivity contribution in [3.8, 4) is 5.75 Å². The summed E-state index contributed by atoms with van der Waals surface area (Å²) < 4.78 is 19.4. The van der Waals surface area contributed by atoms with Crippen LogP contribution in [0.1, 0.15) is 18.5 Å². The highest BCUT2D eigenvalue weighted by Crippen LogP contribution is 2.32. The van der Waals surface area contributed by atoms with Crippen molar-refractivity contribution in [3.63, 3.8) is 0 Å². The van der Waals surface area contributed by atoms with Gasteiger partial charge in [0.25, 0.3) is 0 Å². The summed E-state index contributed by atoms with van der Waals surface area (Å²) in [5.41, 5.74) is 2.55. The van der Waals surface area contributed by atoms with Crippen LogP contribution >= 0.6 is 0 Å². The van der Waals surface area contributed by atoms with Gasteiger partial charge >= 0.3 is 0 Å². The fourth-order valence-corrected chi connectivity index (χ4v) is 2.41. The molecule has 0 heterocycles. The lowest BCUT2D eigenvalue weighted by Gasteiger charge is -2.23. The zero-order valence-electron chi connectivity index (χ0n) is 12.9. The highest BCUT2D eigenvalue weighted by Gasteiger charge is 2.17. The van der Waals surface area contributed by atoms with E-state index in [1.54, 1.807) is 19.2 Å². The number of rotatable bonds is 5. The van der Waals surface area contributed by atoms with Crippen LogP contribution in [0.15, 0.2) is 42.5 Å². The second kappa shape index (κ2) is 6.48. The molecule has 0 saturated heterocycles. The first-order chi connectivity index (χ1) is 10.0. The van der Waals surface area contributed by atoms with Crippen LogP contribution in [0.25, 0.3) is 0 Å². The minimum absolute atomic E-state index is 0.206. The third-order valence-electron chi connectivity index (χ3n) is 3.42. The molecule has 0 saturated carbocycles. The van der Waals surface area contributed by atoms with E-state index < -0.39 is 0 Å². The van der Waals surface area contributed by atoms with Gasteiger partial charge in [-0.2, -0.15) is 0 Å². The maximum Gasteiger partial charge on any atom is 0.132 e. The van der Waals surface area contributed by atoms with Gasteiger partial charge in [-0.1, -0.05) is 18.2 Å². The number of hydrogen-bond donors (Lipinski definition) is 1. The molecule has 1 N–H and O–H groups in total. The summed E-state index contributed by atoms with van der Waals surface area (Å²) in [6.07, 6.45) is 0. The van der Waals surface area contributed by atoms with E-state index in [-0.39, 0.29) is 11.9 Å². The minimum Gasteiger partial charge on any atom is -0.496 e. The van der Waals surface area contributed by atoms with Crippen LogP contribution in [0.4, 0.5) is 15.8 Å². The van der Waals surface area contributed by atoms with Crippen LogP contribution in [-0.2, 0) is 0 Å². The zero-order chi connectivity index (χ0) is 15.4. The van der Waals surface area contributed by atoms with Crippen LogP contribution < -0.4 is 15.0 Å².